The standard InChI is InChI=1S/C27H29FN4O2S/c1-3-12-32-17-27(30-35(32,33)34)22-8-9-23(27)15-21-13-20(5-4-19(21)14-22)25-16-26(31(2)29-25)18-6-10-24(28)11-7-18/h3-7,10-11,13,16,22-23,30H,1,8-9,12,14-15,17H2,2H3/t22-,23+,27-/m1/s1. The Morgan fingerprint density at radius 2 is 1.77 bits per heavy atom. The molecule has 2 fully saturated rings. The molecule has 2 aromatic carbocycles. The van der Waals surface area contributed by atoms with Gasteiger partial charge in [0.15, 0.2) is 0 Å². The fraction of sp³-hybridized carbons (Fsp3) is 0.370. The second-order valence-electron chi connectivity index (χ2n) is 10.1. The molecule has 1 aromatic heterocycles. The van der Waals surface area contributed by atoms with Crippen molar-refractivity contribution in [3.63, 3.8) is 0 Å². The van der Waals surface area contributed by atoms with Crippen molar-refractivity contribution in [2.75, 3.05) is 13.1 Å². The van der Waals surface area contributed by atoms with Crippen LogP contribution in [0.4, 0.5) is 4.39 Å². The van der Waals surface area contributed by atoms with Gasteiger partial charge in [0.05, 0.1) is 16.9 Å². The second kappa shape index (κ2) is 8.11. The highest BCUT2D eigenvalue weighted by Gasteiger charge is 2.59. The number of aryl methyl sites for hydroxylation is 1. The molecular weight excluding hydrogens is 463 g/mol. The lowest BCUT2D eigenvalue weighted by atomic mass is 9.79. The quantitative estimate of drug-likeness (QED) is 0.558. The van der Waals surface area contributed by atoms with Gasteiger partial charge in [0.25, 0.3) is 10.2 Å². The topological polar surface area (TPSA) is 67.2 Å². The number of nitrogens with zero attached hydrogens (tertiary/aromatic N) is 3. The van der Waals surface area contributed by atoms with Crippen molar-refractivity contribution >= 4 is 10.2 Å². The Kier molecular flexibility index (Phi) is 5.25. The van der Waals surface area contributed by atoms with Crippen molar-refractivity contribution in [2.24, 2.45) is 18.9 Å². The fourth-order valence-corrected chi connectivity index (χ4v) is 8.16. The lowest BCUT2D eigenvalue weighted by Gasteiger charge is -2.33. The molecule has 6 rings (SSSR count). The average Bonchev–Trinajstić information content (AvgIpc) is 3.40. The van der Waals surface area contributed by atoms with E-state index in [1.54, 1.807) is 18.2 Å². The van der Waals surface area contributed by atoms with Gasteiger partial charge in [0.2, 0.25) is 0 Å². The largest absolute Gasteiger partial charge is 0.280 e. The summed E-state index contributed by atoms with van der Waals surface area (Å²) in [6, 6.07) is 15.0. The highest BCUT2D eigenvalue weighted by Crippen LogP contribution is 2.50. The van der Waals surface area contributed by atoms with E-state index in [4.69, 9.17) is 5.10 Å². The van der Waals surface area contributed by atoms with Gasteiger partial charge in [-0.3, -0.25) is 4.68 Å². The summed E-state index contributed by atoms with van der Waals surface area (Å²) in [6.07, 6.45) is 5.45. The average molecular weight is 493 g/mol. The monoisotopic (exact) mass is 492 g/mol. The van der Waals surface area contributed by atoms with Crippen LogP contribution in [-0.2, 0) is 30.1 Å². The maximum absolute atomic E-state index is 13.4. The van der Waals surface area contributed by atoms with Crippen LogP contribution in [-0.4, -0.2) is 41.1 Å². The zero-order valence-electron chi connectivity index (χ0n) is 19.7. The number of rotatable bonds is 4. The van der Waals surface area contributed by atoms with Crippen LogP contribution in [0.1, 0.15) is 24.0 Å². The normalized spacial score (nSPS) is 27.1. The van der Waals surface area contributed by atoms with E-state index in [-0.39, 0.29) is 17.7 Å². The summed E-state index contributed by atoms with van der Waals surface area (Å²) in [6.45, 7) is 4.59. The molecule has 1 aliphatic heterocycles. The first-order valence-electron chi connectivity index (χ1n) is 12.1. The molecule has 1 spiro atoms. The number of aromatic nitrogens is 2. The first-order valence-corrected chi connectivity index (χ1v) is 13.6. The number of hydrogen-bond acceptors (Lipinski definition) is 3. The number of halogens is 1. The number of nitrogens with one attached hydrogen (secondary N) is 1. The molecule has 1 N–H and O–H groups in total. The van der Waals surface area contributed by atoms with Crippen molar-refractivity contribution < 1.29 is 12.8 Å². The van der Waals surface area contributed by atoms with Gasteiger partial charge in [-0.15, -0.1) is 6.58 Å². The fourth-order valence-electron chi connectivity index (χ4n) is 6.47. The molecule has 1 saturated carbocycles. The predicted molar refractivity (Wildman–Crippen MR) is 134 cm³/mol. The van der Waals surface area contributed by atoms with Crippen LogP contribution in [0.2, 0.25) is 0 Å². The van der Waals surface area contributed by atoms with Crippen LogP contribution in [0, 0.1) is 17.7 Å². The molecule has 35 heavy (non-hydrogen) atoms. The van der Waals surface area contributed by atoms with Crippen LogP contribution in [0.3, 0.4) is 0 Å². The molecule has 3 aromatic rings. The SMILES string of the molecule is C=CCN1C[C@@]2(NS1(=O)=O)[C@@H]1CC[C@H]2Cc2cc(-c3cc(-c4ccc(F)cc4)n(C)n3)ccc2C1. The highest BCUT2D eigenvalue weighted by molar-refractivity contribution is 7.87. The Bertz CT molecular complexity index is 1420. The minimum atomic E-state index is -3.49. The Hall–Kier alpha value is -2.81. The van der Waals surface area contributed by atoms with Crippen LogP contribution in [0.15, 0.2) is 61.2 Å². The van der Waals surface area contributed by atoms with Gasteiger partial charge in [-0.1, -0.05) is 18.2 Å². The van der Waals surface area contributed by atoms with Gasteiger partial charge >= 0.3 is 0 Å². The first kappa shape index (κ1) is 22.6. The number of fused-ring (bicyclic) bond motifs is 1. The van der Waals surface area contributed by atoms with Crippen molar-refractivity contribution in [1.29, 1.82) is 0 Å². The van der Waals surface area contributed by atoms with E-state index in [0.29, 0.717) is 13.1 Å². The minimum absolute atomic E-state index is 0.257. The van der Waals surface area contributed by atoms with Gasteiger partial charge in [-0.05, 0) is 90.6 Å². The van der Waals surface area contributed by atoms with Gasteiger partial charge in [0.1, 0.15) is 5.82 Å². The Balaban J connectivity index is 1.33. The zero-order valence-corrected chi connectivity index (χ0v) is 20.6. The maximum atomic E-state index is 13.4. The third kappa shape index (κ3) is 3.66. The van der Waals surface area contributed by atoms with Crippen molar-refractivity contribution in [1.82, 2.24) is 18.8 Å². The lowest BCUT2D eigenvalue weighted by molar-refractivity contribution is 0.217. The molecule has 3 atom stereocenters. The van der Waals surface area contributed by atoms with Crippen LogP contribution in [0.5, 0.6) is 0 Å². The molecular formula is C27H29FN4O2S. The summed E-state index contributed by atoms with van der Waals surface area (Å²) in [5.74, 6) is 0.280. The third-order valence-corrected chi connectivity index (χ3v) is 9.80. The highest BCUT2D eigenvalue weighted by atomic mass is 32.2. The molecule has 1 saturated heterocycles. The van der Waals surface area contributed by atoms with Crippen LogP contribution < -0.4 is 4.72 Å². The summed E-state index contributed by atoms with van der Waals surface area (Å²) in [7, 11) is -1.59. The zero-order chi connectivity index (χ0) is 24.4. The Morgan fingerprint density at radius 3 is 2.49 bits per heavy atom. The molecule has 0 unspecified atom stereocenters. The van der Waals surface area contributed by atoms with Crippen molar-refractivity contribution in [3.8, 4) is 22.5 Å². The van der Waals surface area contributed by atoms with E-state index in [0.717, 1.165) is 48.2 Å². The molecule has 2 bridgehead atoms. The second-order valence-corrected chi connectivity index (χ2v) is 11.8. The van der Waals surface area contributed by atoms with E-state index in [9.17, 15) is 12.8 Å². The molecule has 8 heteroatoms. The summed E-state index contributed by atoms with van der Waals surface area (Å²) in [5, 5.41) is 4.74. The van der Waals surface area contributed by atoms with E-state index >= 15 is 0 Å². The smallest absolute Gasteiger partial charge is 0.267 e. The minimum Gasteiger partial charge on any atom is -0.267 e. The number of benzene rings is 2. The van der Waals surface area contributed by atoms with Crippen molar-refractivity contribution in [3.05, 3.63) is 78.1 Å². The summed E-state index contributed by atoms with van der Waals surface area (Å²) in [5.41, 5.74) is 5.93. The van der Waals surface area contributed by atoms with E-state index in [1.165, 1.54) is 27.6 Å². The van der Waals surface area contributed by atoms with Gasteiger partial charge in [-0.2, -0.15) is 22.5 Å². The molecule has 6 nitrogen and oxygen atoms in total. The van der Waals surface area contributed by atoms with Crippen LogP contribution >= 0.6 is 0 Å². The van der Waals surface area contributed by atoms with E-state index < -0.39 is 15.7 Å². The van der Waals surface area contributed by atoms with Gasteiger partial charge in [0, 0.05) is 25.7 Å². The lowest BCUT2D eigenvalue weighted by Crippen LogP contribution is -2.52. The van der Waals surface area contributed by atoms with Crippen molar-refractivity contribution in [2.45, 2.75) is 31.2 Å². The van der Waals surface area contributed by atoms with E-state index in [1.807, 2.05) is 17.8 Å². The van der Waals surface area contributed by atoms with Crippen LogP contribution in [0.25, 0.3) is 22.5 Å². The summed E-state index contributed by atoms with van der Waals surface area (Å²) >= 11 is 0. The molecule has 0 amide bonds. The molecule has 2 aliphatic carbocycles. The van der Waals surface area contributed by atoms with E-state index in [2.05, 4.69) is 29.5 Å². The summed E-state index contributed by atoms with van der Waals surface area (Å²) < 4.78 is 45.6. The first-order chi connectivity index (χ1) is 16.8. The Morgan fingerprint density at radius 1 is 1.09 bits per heavy atom. The number of hydrogen-bond donors (Lipinski definition) is 1. The van der Waals surface area contributed by atoms with Gasteiger partial charge in [-0.25, -0.2) is 4.39 Å². The molecule has 3 aliphatic rings. The molecule has 2 heterocycles. The maximum Gasteiger partial charge on any atom is 0.280 e. The van der Waals surface area contributed by atoms with Gasteiger partial charge < -0.3 is 0 Å². The third-order valence-electron chi connectivity index (χ3n) is 8.20. The summed E-state index contributed by atoms with van der Waals surface area (Å²) in [4.78, 5) is 0. The predicted octanol–water partition coefficient (Wildman–Crippen LogP) is 4.09. The molecule has 0 radical (unpaired) electrons. The Labute approximate surface area is 205 Å². The molecule has 182 valence electrons.